The Morgan fingerprint density at radius 3 is 2.82 bits per heavy atom. The van der Waals surface area contributed by atoms with Crippen molar-refractivity contribution < 1.29 is 14.6 Å². The standard InChI is InChI=1S/C11H17N3O3/c1-11(2,3)17-10(16)14-9-4-6-12-8(13-9)5-7-15/h4,6,15H,5,7H2,1-3H3,(H,12,13,14,16). The molecule has 0 bridgehead atoms. The zero-order valence-electron chi connectivity index (χ0n) is 10.2. The van der Waals surface area contributed by atoms with Crippen molar-refractivity contribution in [1.82, 2.24) is 9.97 Å². The predicted octanol–water partition coefficient (Wildman–Crippen LogP) is 1.36. The molecule has 1 amide bonds. The molecular weight excluding hydrogens is 222 g/mol. The van der Waals surface area contributed by atoms with Crippen LogP contribution in [0.1, 0.15) is 26.6 Å². The number of nitrogens with one attached hydrogen (secondary N) is 1. The van der Waals surface area contributed by atoms with Crippen molar-refractivity contribution in [2.24, 2.45) is 0 Å². The van der Waals surface area contributed by atoms with Crippen molar-refractivity contribution in [3.8, 4) is 0 Å². The van der Waals surface area contributed by atoms with Gasteiger partial charge in [0.2, 0.25) is 0 Å². The number of carbonyl (C=O) groups is 1. The van der Waals surface area contributed by atoms with E-state index in [9.17, 15) is 4.79 Å². The Morgan fingerprint density at radius 1 is 1.53 bits per heavy atom. The maximum absolute atomic E-state index is 11.5. The second-order valence-electron chi connectivity index (χ2n) is 4.46. The molecule has 0 aromatic carbocycles. The van der Waals surface area contributed by atoms with Crippen molar-refractivity contribution in [1.29, 1.82) is 0 Å². The van der Waals surface area contributed by atoms with Crippen LogP contribution in [-0.2, 0) is 11.2 Å². The quantitative estimate of drug-likeness (QED) is 0.832. The van der Waals surface area contributed by atoms with Crippen LogP contribution < -0.4 is 5.32 Å². The SMILES string of the molecule is CC(C)(C)OC(=O)Nc1ccnc(CCO)n1. The summed E-state index contributed by atoms with van der Waals surface area (Å²) in [5.41, 5.74) is -0.551. The Hall–Kier alpha value is -1.69. The summed E-state index contributed by atoms with van der Waals surface area (Å²) in [7, 11) is 0. The Morgan fingerprint density at radius 2 is 2.24 bits per heavy atom. The molecule has 94 valence electrons. The molecule has 0 atom stereocenters. The smallest absolute Gasteiger partial charge is 0.413 e. The van der Waals surface area contributed by atoms with Gasteiger partial charge in [-0.15, -0.1) is 0 Å². The van der Waals surface area contributed by atoms with Gasteiger partial charge >= 0.3 is 6.09 Å². The van der Waals surface area contributed by atoms with E-state index in [-0.39, 0.29) is 6.61 Å². The number of aliphatic hydroxyl groups is 1. The summed E-state index contributed by atoms with van der Waals surface area (Å²) in [5, 5.41) is 11.3. The molecule has 1 rings (SSSR count). The van der Waals surface area contributed by atoms with Crippen LogP contribution in [0.2, 0.25) is 0 Å². The van der Waals surface area contributed by atoms with Gasteiger partial charge in [-0.25, -0.2) is 14.8 Å². The van der Waals surface area contributed by atoms with Gasteiger partial charge in [0.15, 0.2) is 0 Å². The topological polar surface area (TPSA) is 84.3 Å². The molecule has 0 aliphatic rings. The van der Waals surface area contributed by atoms with Crippen molar-refractivity contribution in [3.05, 3.63) is 18.1 Å². The minimum Gasteiger partial charge on any atom is -0.444 e. The Labute approximate surface area is 100 Å². The molecule has 2 N–H and O–H groups in total. The maximum atomic E-state index is 11.5. The van der Waals surface area contributed by atoms with Gasteiger partial charge in [-0.05, 0) is 26.8 Å². The van der Waals surface area contributed by atoms with E-state index in [0.717, 1.165) is 0 Å². The predicted molar refractivity (Wildman–Crippen MR) is 62.7 cm³/mol. The molecule has 0 radical (unpaired) electrons. The summed E-state index contributed by atoms with van der Waals surface area (Å²) in [6.07, 6.45) is 1.31. The molecule has 0 saturated heterocycles. The minimum atomic E-state index is -0.564. The van der Waals surface area contributed by atoms with E-state index < -0.39 is 11.7 Å². The molecule has 6 heteroatoms. The van der Waals surface area contributed by atoms with Crippen LogP contribution in [0, 0.1) is 0 Å². The van der Waals surface area contributed by atoms with Crippen LogP contribution >= 0.6 is 0 Å². The Kier molecular flexibility index (Phi) is 4.39. The monoisotopic (exact) mass is 239 g/mol. The number of aliphatic hydroxyl groups excluding tert-OH is 1. The first kappa shape index (κ1) is 13.4. The summed E-state index contributed by atoms with van der Waals surface area (Å²) < 4.78 is 5.08. The Bertz CT molecular complexity index is 388. The highest BCUT2D eigenvalue weighted by Crippen LogP contribution is 2.09. The summed E-state index contributed by atoms with van der Waals surface area (Å²) in [5.74, 6) is 0.832. The normalized spacial score (nSPS) is 11.1. The molecule has 1 heterocycles. The number of hydrogen-bond donors (Lipinski definition) is 2. The van der Waals surface area contributed by atoms with Gasteiger partial charge < -0.3 is 9.84 Å². The molecule has 0 saturated carbocycles. The van der Waals surface area contributed by atoms with E-state index in [1.807, 2.05) is 0 Å². The third-order valence-corrected chi connectivity index (χ3v) is 1.67. The van der Waals surface area contributed by atoms with Crippen molar-refractivity contribution in [2.45, 2.75) is 32.8 Å². The van der Waals surface area contributed by atoms with Crippen LogP contribution in [0.4, 0.5) is 10.6 Å². The molecule has 1 aromatic rings. The van der Waals surface area contributed by atoms with Gasteiger partial charge in [0.25, 0.3) is 0 Å². The molecule has 6 nitrogen and oxygen atoms in total. The number of carbonyl (C=O) groups excluding carboxylic acids is 1. The van der Waals surface area contributed by atoms with Gasteiger partial charge in [0, 0.05) is 12.6 Å². The fraction of sp³-hybridized carbons (Fsp3) is 0.545. The van der Waals surface area contributed by atoms with Crippen LogP contribution in [0.15, 0.2) is 12.3 Å². The average molecular weight is 239 g/mol. The lowest BCUT2D eigenvalue weighted by Crippen LogP contribution is -2.27. The molecule has 0 unspecified atom stereocenters. The molecule has 0 aliphatic heterocycles. The lowest BCUT2D eigenvalue weighted by Gasteiger charge is -2.19. The first-order valence-corrected chi connectivity index (χ1v) is 5.33. The van der Waals surface area contributed by atoms with Crippen LogP contribution in [0.25, 0.3) is 0 Å². The average Bonchev–Trinajstić information content (AvgIpc) is 2.15. The van der Waals surface area contributed by atoms with E-state index in [2.05, 4.69) is 15.3 Å². The molecule has 0 fully saturated rings. The number of hydrogen-bond acceptors (Lipinski definition) is 5. The molecule has 1 aromatic heterocycles. The van der Waals surface area contributed by atoms with E-state index in [1.165, 1.54) is 6.20 Å². The zero-order valence-corrected chi connectivity index (χ0v) is 10.2. The highest BCUT2D eigenvalue weighted by atomic mass is 16.6. The molecule has 0 spiro atoms. The zero-order chi connectivity index (χ0) is 12.9. The van der Waals surface area contributed by atoms with Crippen LogP contribution in [0.5, 0.6) is 0 Å². The number of amides is 1. The van der Waals surface area contributed by atoms with E-state index in [4.69, 9.17) is 9.84 Å². The highest BCUT2D eigenvalue weighted by molar-refractivity contribution is 5.83. The largest absolute Gasteiger partial charge is 0.444 e. The highest BCUT2D eigenvalue weighted by Gasteiger charge is 2.16. The van der Waals surface area contributed by atoms with Gasteiger partial charge in [-0.2, -0.15) is 0 Å². The van der Waals surface area contributed by atoms with Crippen LogP contribution in [-0.4, -0.2) is 33.4 Å². The second-order valence-corrected chi connectivity index (χ2v) is 4.46. The van der Waals surface area contributed by atoms with Crippen molar-refractivity contribution in [2.75, 3.05) is 11.9 Å². The number of anilines is 1. The van der Waals surface area contributed by atoms with Gasteiger partial charge in [-0.1, -0.05) is 0 Å². The lowest BCUT2D eigenvalue weighted by atomic mass is 10.2. The fourth-order valence-electron chi connectivity index (χ4n) is 1.10. The molecule has 17 heavy (non-hydrogen) atoms. The van der Waals surface area contributed by atoms with Gasteiger partial charge in [-0.3, -0.25) is 5.32 Å². The van der Waals surface area contributed by atoms with Crippen LogP contribution in [0.3, 0.4) is 0 Å². The minimum absolute atomic E-state index is 0.0319. The van der Waals surface area contributed by atoms with E-state index in [0.29, 0.717) is 18.1 Å². The summed E-state index contributed by atoms with van der Waals surface area (Å²) in [6.45, 7) is 5.31. The summed E-state index contributed by atoms with van der Waals surface area (Å²) >= 11 is 0. The lowest BCUT2D eigenvalue weighted by molar-refractivity contribution is 0.0635. The first-order chi connectivity index (χ1) is 7.90. The summed E-state index contributed by atoms with van der Waals surface area (Å²) in [4.78, 5) is 19.5. The van der Waals surface area contributed by atoms with Crippen molar-refractivity contribution >= 4 is 11.9 Å². The maximum Gasteiger partial charge on any atom is 0.413 e. The van der Waals surface area contributed by atoms with Gasteiger partial charge in [0.1, 0.15) is 17.2 Å². The number of ether oxygens (including phenoxy) is 1. The number of rotatable bonds is 3. The Balaban J connectivity index is 2.62. The fourth-order valence-corrected chi connectivity index (χ4v) is 1.10. The second kappa shape index (κ2) is 5.58. The molecular formula is C11H17N3O3. The number of nitrogens with zero attached hydrogens (tertiary/aromatic N) is 2. The van der Waals surface area contributed by atoms with Crippen molar-refractivity contribution in [3.63, 3.8) is 0 Å². The van der Waals surface area contributed by atoms with E-state index in [1.54, 1.807) is 26.8 Å². The third-order valence-electron chi connectivity index (χ3n) is 1.67. The first-order valence-electron chi connectivity index (χ1n) is 5.33. The summed E-state index contributed by atoms with van der Waals surface area (Å²) in [6, 6.07) is 1.56. The molecule has 0 aliphatic carbocycles. The van der Waals surface area contributed by atoms with E-state index >= 15 is 0 Å². The number of aromatic nitrogens is 2. The third kappa shape index (κ3) is 5.26. The van der Waals surface area contributed by atoms with Gasteiger partial charge in [0.05, 0.1) is 6.61 Å².